The average molecular weight is 262 g/mol. The summed E-state index contributed by atoms with van der Waals surface area (Å²) in [6.07, 6.45) is 2.54. The van der Waals surface area contributed by atoms with Gasteiger partial charge in [-0.2, -0.15) is 0 Å². The van der Waals surface area contributed by atoms with Crippen LogP contribution in [0.3, 0.4) is 0 Å². The van der Waals surface area contributed by atoms with Crippen LogP contribution in [0, 0.1) is 5.92 Å². The Hall–Kier alpha value is -0.900. The number of benzene rings is 1. The molecule has 0 saturated carbocycles. The molecule has 2 N–H and O–H groups in total. The van der Waals surface area contributed by atoms with E-state index in [1.807, 2.05) is 0 Å². The molecule has 0 amide bonds. The Morgan fingerprint density at radius 2 is 2.21 bits per heavy atom. The van der Waals surface area contributed by atoms with E-state index in [4.69, 9.17) is 10.5 Å². The maximum atomic E-state index is 6.04. The number of piperidine rings is 1. The molecule has 1 aromatic carbocycles. The van der Waals surface area contributed by atoms with Crippen LogP contribution in [-0.2, 0) is 17.9 Å². The molecule has 0 spiro atoms. The van der Waals surface area contributed by atoms with Gasteiger partial charge in [0.1, 0.15) is 0 Å². The molecular weight excluding hydrogens is 236 g/mol. The van der Waals surface area contributed by atoms with E-state index in [1.165, 1.54) is 30.5 Å². The van der Waals surface area contributed by atoms with Crippen molar-refractivity contribution in [3.8, 4) is 0 Å². The Kier molecular flexibility index (Phi) is 5.37. The van der Waals surface area contributed by atoms with E-state index in [0.29, 0.717) is 18.6 Å². The molecule has 2 unspecified atom stereocenters. The fraction of sp³-hybridized carbons (Fsp3) is 0.625. The van der Waals surface area contributed by atoms with Crippen molar-refractivity contribution in [1.29, 1.82) is 0 Å². The lowest BCUT2D eigenvalue weighted by Gasteiger charge is -2.34. The Labute approximate surface area is 116 Å². The lowest BCUT2D eigenvalue weighted by atomic mass is 9.92. The smallest absolute Gasteiger partial charge is 0.0713 e. The van der Waals surface area contributed by atoms with Gasteiger partial charge in [-0.25, -0.2) is 0 Å². The molecule has 0 aliphatic carbocycles. The fourth-order valence-electron chi connectivity index (χ4n) is 2.91. The van der Waals surface area contributed by atoms with Crippen LogP contribution in [-0.4, -0.2) is 31.1 Å². The van der Waals surface area contributed by atoms with Gasteiger partial charge < -0.3 is 10.5 Å². The number of methoxy groups -OCH3 is 1. The minimum Gasteiger partial charge on any atom is -0.380 e. The summed E-state index contributed by atoms with van der Waals surface area (Å²) in [5.41, 5.74) is 8.67. The van der Waals surface area contributed by atoms with E-state index in [1.54, 1.807) is 7.11 Å². The Bertz CT molecular complexity index is 392. The number of hydrogen-bond donors (Lipinski definition) is 1. The van der Waals surface area contributed by atoms with Gasteiger partial charge in [-0.05, 0) is 43.4 Å². The summed E-state index contributed by atoms with van der Waals surface area (Å²) in [5.74, 6) is 0.649. The number of nitrogens with zero attached hydrogens (tertiary/aromatic N) is 1. The molecule has 2 rings (SSSR count). The third-order valence-corrected chi connectivity index (χ3v) is 3.99. The van der Waals surface area contributed by atoms with Crippen LogP contribution in [0.5, 0.6) is 0 Å². The number of nitrogens with two attached hydrogens (primary N) is 1. The highest BCUT2D eigenvalue weighted by molar-refractivity contribution is 5.23. The Morgan fingerprint density at radius 1 is 1.42 bits per heavy atom. The van der Waals surface area contributed by atoms with Gasteiger partial charge in [-0.3, -0.25) is 4.90 Å². The summed E-state index contributed by atoms with van der Waals surface area (Å²) >= 11 is 0. The van der Waals surface area contributed by atoms with Gasteiger partial charge in [-0.1, -0.05) is 24.3 Å². The van der Waals surface area contributed by atoms with Crippen molar-refractivity contribution < 1.29 is 4.74 Å². The number of ether oxygens (including phenoxy) is 1. The molecule has 3 heteroatoms. The first-order valence-electron chi connectivity index (χ1n) is 7.23. The Balaban J connectivity index is 1.94. The van der Waals surface area contributed by atoms with Gasteiger partial charge in [0.25, 0.3) is 0 Å². The first kappa shape index (κ1) is 14.5. The maximum Gasteiger partial charge on any atom is 0.0713 e. The van der Waals surface area contributed by atoms with Crippen molar-refractivity contribution in [1.82, 2.24) is 4.90 Å². The second-order valence-electron chi connectivity index (χ2n) is 5.75. The first-order chi connectivity index (χ1) is 9.19. The molecule has 3 nitrogen and oxygen atoms in total. The highest BCUT2D eigenvalue weighted by atomic mass is 16.5. The van der Waals surface area contributed by atoms with E-state index in [9.17, 15) is 0 Å². The van der Waals surface area contributed by atoms with Crippen molar-refractivity contribution in [2.45, 2.75) is 39.0 Å². The van der Waals surface area contributed by atoms with Crippen molar-refractivity contribution in [3.63, 3.8) is 0 Å². The van der Waals surface area contributed by atoms with Crippen LogP contribution in [0.15, 0.2) is 24.3 Å². The molecule has 0 bridgehead atoms. The van der Waals surface area contributed by atoms with Crippen molar-refractivity contribution in [3.05, 3.63) is 35.4 Å². The van der Waals surface area contributed by atoms with Crippen LogP contribution in [0.2, 0.25) is 0 Å². The molecule has 0 aromatic heterocycles. The van der Waals surface area contributed by atoms with Gasteiger partial charge in [0.15, 0.2) is 0 Å². The molecular formula is C16H26N2O. The lowest BCUT2D eigenvalue weighted by molar-refractivity contribution is 0.154. The summed E-state index contributed by atoms with van der Waals surface area (Å²) in [4.78, 5) is 2.53. The predicted octanol–water partition coefficient (Wildman–Crippen LogP) is 2.39. The minimum atomic E-state index is 0.308. The number of rotatable bonds is 5. The highest BCUT2D eigenvalue weighted by Gasteiger charge is 2.22. The summed E-state index contributed by atoms with van der Waals surface area (Å²) in [6.45, 7) is 6.17. The normalized spacial score (nSPS) is 22.4. The van der Waals surface area contributed by atoms with Crippen molar-refractivity contribution >= 4 is 0 Å². The lowest BCUT2D eigenvalue weighted by Crippen LogP contribution is -2.41. The third-order valence-electron chi connectivity index (χ3n) is 3.99. The van der Waals surface area contributed by atoms with E-state index >= 15 is 0 Å². The third kappa shape index (κ3) is 4.30. The van der Waals surface area contributed by atoms with Crippen LogP contribution in [0.4, 0.5) is 0 Å². The number of likely N-dealkylation sites (tertiary alicyclic amines) is 1. The van der Waals surface area contributed by atoms with Crippen LogP contribution in [0.1, 0.15) is 30.9 Å². The van der Waals surface area contributed by atoms with Gasteiger partial charge in [0.2, 0.25) is 0 Å². The second kappa shape index (κ2) is 7.04. The molecule has 1 saturated heterocycles. The maximum absolute atomic E-state index is 6.04. The van der Waals surface area contributed by atoms with Crippen molar-refractivity contribution in [2.24, 2.45) is 11.7 Å². The van der Waals surface area contributed by atoms with Crippen molar-refractivity contribution in [2.75, 3.05) is 20.2 Å². The zero-order valence-electron chi connectivity index (χ0n) is 12.1. The fourth-order valence-corrected chi connectivity index (χ4v) is 2.91. The molecule has 0 radical (unpaired) electrons. The summed E-state index contributed by atoms with van der Waals surface area (Å²) in [7, 11) is 1.74. The van der Waals surface area contributed by atoms with Crippen LogP contribution in [0.25, 0.3) is 0 Å². The zero-order valence-corrected chi connectivity index (χ0v) is 12.1. The van der Waals surface area contributed by atoms with Gasteiger partial charge >= 0.3 is 0 Å². The van der Waals surface area contributed by atoms with Gasteiger partial charge in [0.05, 0.1) is 6.61 Å². The van der Waals surface area contributed by atoms with E-state index in [-0.39, 0.29) is 0 Å². The molecule has 1 heterocycles. The monoisotopic (exact) mass is 262 g/mol. The largest absolute Gasteiger partial charge is 0.380 e. The molecule has 1 aliphatic rings. The molecule has 106 valence electrons. The molecule has 2 atom stereocenters. The highest BCUT2D eigenvalue weighted by Crippen LogP contribution is 2.20. The van der Waals surface area contributed by atoms with Gasteiger partial charge in [0, 0.05) is 26.2 Å². The molecule has 1 aliphatic heterocycles. The minimum absolute atomic E-state index is 0.308. The van der Waals surface area contributed by atoms with E-state index in [0.717, 1.165) is 13.1 Å². The average Bonchev–Trinajstić information content (AvgIpc) is 2.40. The predicted molar refractivity (Wildman–Crippen MR) is 78.8 cm³/mol. The SMILES string of the molecule is COCc1cccc(CN2CCCC(C(C)N)C2)c1. The number of hydrogen-bond acceptors (Lipinski definition) is 3. The van der Waals surface area contributed by atoms with Gasteiger partial charge in [-0.15, -0.1) is 0 Å². The zero-order chi connectivity index (χ0) is 13.7. The molecule has 1 fully saturated rings. The first-order valence-corrected chi connectivity index (χ1v) is 7.23. The standard InChI is InChI=1S/C16H26N2O/c1-13(17)16-7-4-8-18(11-16)10-14-5-3-6-15(9-14)12-19-2/h3,5-6,9,13,16H,4,7-8,10-12,17H2,1-2H3. The molecule has 19 heavy (non-hydrogen) atoms. The van der Waals surface area contributed by atoms with E-state index in [2.05, 4.69) is 36.1 Å². The van der Waals surface area contributed by atoms with Crippen LogP contribution < -0.4 is 5.73 Å². The summed E-state index contributed by atoms with van der Waals surface area (Å²) < 4.78 is 5.19. The topological polar surface area (TPSA) is 38.5 Å². The van der Waals surface area contributed by atoms with Crippen LogP contribution >= 0.6 is 0 Å². The Morgan fingerprint density at radius 3 is 2.95 bits per heavy atom. The quantitative estimate of drug-likeness (QED) is 0.885. The summed E-state index contributed by atoms with van der Waals surface area (Å²) in [5, 5.41) is 0. The second-order valence-corrected chi connectivity index (χ2v) is 5.75. The van der Waals surface area contributed by atoms with E-state index < -0.39 is 0 Å². The molecule has 1 aromatic rings. The summed E-state index contributed by atoms with van der Waals surface area (Å²) in [6, 6.07) is 9.00.